The van der Waals surface area contributed by atoms with Gasteiger partial charge in [-0.05, 0) is 18.2 Å². The van der Waals surface area contributed by atoms with Gasteiger partial charge in [-0.1, -0.05) is 23.7 Å². The van der Waals surface area contributed by atoms with Crippen molar-refractivity contribution >= 4 is 23.3 Å². The summed E-state index contributed by atoms with van der Waals surface area (Å²) in [7, 11) is 1.26. The number of benzene rings is 2. The van der Waals surface area contributed by atoms with E-state index in [0.717, 1.165) is 0 Å². The molecule has 0 aliphatic carbocycles. The maximum absolute atomic E-state index is 13.8. The van der Waals surface area contributed by atoms with Crippen LogP contribution in [0, 0.1) is 5.82 Å². The van der Waals surface area contributed by atoms with Crippen LogP contribution in [0.3, 0.4) is 0 Å². The van der Waals surface area contributed by atoms with E-state index >= 15 is 0 Å². The number of ether oxygens (including phenoxy) is 2. The second-order valence-electron chi connectivity index (χ2n) is 4.25. The zero-order valence-corrected chi connectivity index (χ0v) is 12.0. The van der Waals surface area contributed by atoms with Crippen molar-refractivity contribution in [2.45, 2.75) is 6.61 Å². The molecule has 0 aromatic heterocycles. The third kappa shape index (κ3) is 3.44. The van der Waals surface area contributed by atoms with Crippen LogP contribution in [0.4, 0.5) is 10.1 Å². The van der Waals surface area contributed by atoms with Crippen molar-refractivity contribution < 1.29 is 18.7 Å². The number of rotatable bonds is 4. The highest BCUT2D eigenvalue weighted by atomic mass is 35.5. The fraction of sp³-hybridized carbons (Fsp3) is 0.133. The predicted molar refractivity (Wildman–Crippen MR) is 77.9 cm³/mol. The van der Waals surface area contributed by atoms with Gasteiger partial charge in [-0.15, -0.1) is 0 Å². The summed E-state index contributed by atoms with van der Waals surface area (Å²) in [5, 5.41) is 0.0110. The molecule has 0 spiro atoms. The van der Waals surface area contributed by atoms with Crippen LogP contribution in [-0.4, -0.2) is 13.1 Å². The molecule has 21 heavy (non-hydrogen) atoms. The Kier molecular flexibility index (Phi) is 4.65. The Morgan fingerprint density at radius 1 is 1.33 bits per heavy atom. The van der Waals surface area contributed by atoms with Gasteiger partial charge in [-0.25, -0.2) is 9.18 Å². The van der Waals surface area contributed by atoms with Crippen molar-refractivity contribution in [1.29, 1.82) is 0 Å². The van der Waals surface area contributed by atoms with E-state index in [-0.39, 0.29) is 28.5 Å². The van der Waals surface area contributed by atoms with Crippen LogP contribution in [0.15, 0.2) is 36.4 Å². The number of nitrogen functional groups attached to an aromatic ring is 1. The van der Waals surface area contributed by atoms with Crippen LogP contribution in [0.1, 0.15) is 15.9 Å². The molecule has 2 aromatic carbocycles. The Bertz CT molecular complexity index is 676. The van der Waals surface area contributed by atoms with E-state index in [1.54, 1.807) is 18.2 Å². The summed E-state index contributed by atoms with van der Waals surface area (Å²) >= 11 is 5.70. The topological polar surface area (TPSA) is 61.5 Å². The molecule has 2 N–H and O–H groups in total. The number of halogens is 2. The molecule has 0 atom stereocenters. The molecule has 0 radical (unpaired) electrons. The Morgan fingerprint density at radius 2 is 2.10 bits per heavy atom. The van der Waals surface area contributed by atoms with Gasteiger partial charge in [-0.3, -0.25) is 0 Å². The average molecular weight is 310 g/mol. The molecule has 4 nitrogen and oxygen atoms in total. The molecule has 0 fully saturated rings. The van der Waals surface area contributed by atoms with Crippen LogP contribution in [0.25, 0.3) is 0 Å². The fourth-order valence-electron chi connectivity index (χ4n) is 1.75. The van der Waals surface area contributed by atoms with E-state index in [2.05, 4.69) is 4.74 Å². The highest BCUT2D eigenvalue weighted by Crippen LogP contribution is 2.25. The van der Waals surface area contributed by atoms with Crippen molar-refractivity contribution in [3.8, 4) is 5.75 Å². The Balaban J connectivity index is 2.25. The van der Waals surface area contributed by atoms with Gasteiger partial charge < -0.3 is 15.2 Å². The summed E-state index contributed by atoms with van der Waals surface area (Å²) < 4.78 is 23.9. The Morgan fingerprint density at radius 3 is 2.81 bits per heavy atom. The zero-order valence-electron chi connectivity index (χ0n) is 11.2. The third-order valence-corrected chi connectivity index (χ3v) is 3.12. The van der Waals surface area contributed by atoms with Gasteiger partial charge in [0.1, 0.15) is 23.7 Å². The van der Waals surface area contributed by atoms with E-state index in [4.69, 9.17) is 22.1 Å². The van der Waals surface area contributed by atoms with Crippen LogP contribution in [0.2, 0.25) is 5.02 Å². The highest BCUT2D eigenvalue weighted by molar-refractivity contribution is 6.30. The lowest BCUT2D eigenvalue weighted by Crippen LogP contribution is -2.07. The first-order valence-electron chi connectivity index (χ1n) is 6.06. The highest BCUT2D eigenvalue weighted by Gasteiger charge is 2.14. The molecule has 0 heterocycles. The summed E-state index contributed by atoms with van der Waals surface area (Å²) in [6.07, 6.45) is 0. The van der Waals surface area contributed by atoms with Crippen molar-refractivity contribution in [3.63, 3.8) is 0 Å². The van der Waals surface area contributed by atoms with Gasteiger partial charge in [0.2, 0.25) is 0 Å². The summed E-state index contributed by atoms with van der Waals surface area (Å²) in [5.74, 6) is -0.888. The van der Waals surface area contributed by atoms with E-state index < -0.39 is 11.8 Å². The second-order valence-corrected chi connectivity index (χ2v) is 4.66. The summed E-state index contributed by atoms with van der Waals surface area (Å²) in [6.45, 7) is -0.0835. The number of nitrogens with two attached hydrogens (primary N) is 1. The minimum atomic E-state index is -0.559. The van der Waals surface area contributed by atoms with E-state index in [0.29, 0.717) is 5.69 Å². The lowest BCUT2D eigenvalue weighted by molar-refractivity contribution is 0.0595. The van der Waals surface area contributed by atoms with Gasteiger partial charge in [0.05, 0.1) is 12.1 Å². The number of carbonyl (C=O) groups is 1. The molecule has 0 unspecified atom stereocenters. The van der Waals surface area contributed by atoms with Crippen molar-refractivity contribution in [1.82, 2.24) is 0 Å². The van der Waals surface area contributed by atoms with Crippen LogP contribution < -0.4 is 10.5 Å². The minimum absolute atomic E-state index is 0.0110. The first-order chi connectivity index (χ1) is 10.0. The largest absolute Gasteiger partial charge is 0.488 e. The second kappa shape index (κ2) is 6.45. The summed E-state index contributed by atoms with van der Waals surface area (Å²) in [4.78, 5) is 11.6. The number of hydrogen-bond acceptors (Lipinski definition) is 4. The standard InChI is InChI=1S/C15H13ClFNO3/c1-20-15(19)11-6-5-10(18)7-13(11)21-8-9-3-2-4-12(16)14(9)17/h2-7H,8,18H2,1H3. The molecule has 0 amide bonds. The Labute approximate surface area is 126 Å². The van der Waals surface area contributed by atoms with E-state index in [1.165, 1.54) is 25.3 Å². The molecule has 0 saturated carbocycles. The van der Waals surface area contributed by atoms with E-state index in [9.17, 15) is 9.18 Å². The summed E-state index contributed by atoms with van der Waals surface area (Å²) in [5.41, 5.74) is 6.58. The molecular weight excluding hydrogens is 297 g/mol. The minimum Gasteiger partial charge on any atom is -0.488 e. The molecule has 2 rings (SSSR count). The van der Waals surface area contributed by atoms with Crippen molar-refractivity contribution in [3.05, 3.63) is 58.4 Å². The monoisotopic (exact) mass is 309 g/mol. The van der Waals surface area contributed by atoms with Gasteiger partial charge in [0.15, 0.2) is 0 Å². The Hall–Kier alpha value is -2.27. The van der Waals surface area contributed by atoms with Crippen LogP contribution >= 0.6 is 11.6 Å². The van der Waals surface area contributed by atoms with Gasteiger partial charge >= 0.3 is 5.97 Å². The smallest absolute Gasteiger partial charge is 0.341 e. The first kappa shape index (κ1) is 15.1. The number of esters is 1. The lowest BCUT2D eigenvalue weighted by Gasteiger charge is -2.12. The van der Waals surface area contributed by atoms with Crippen LogP contribution in [0.5, 0.6) is 5.75 Å². The number of hydrogen-bond donors (Lipinski definition) is 1. The van der Waals surface area contributed by atoms with Crippen molar-refractivity contribution in [2.24, 2.45) is 0 Å². The third-order valence-electron chi connectivity index (χ3n) is 2.83. The zero-order chi connectivity index (χ0) is 15.4. The van der Waals surface area contributed by atoms with Gasteiger partial charge in [0, 0.05) is 17.3 Å². The molecular formula is C15H13ClFNO3. The van der Waals surface area contributed by atoms with Crippen LogP contribution in [-0.2, 0) is 11.3 Å². The number of anilines is 1. The quantitative estimate of drug-likeness (QED) is 0.694. The predicted octanol–water partition coefficient (Wildman–Crippen LogP) is 3.43. The maximum Gasteiger partial charge on any atom is 0.341 e. The molecule has 0 bridgehead atoms. The summed E-state index contributed by atoms with van der Waals surface area (Å²) in [6, 6.07) is 9.13. The maximum atomic E-state index is 13.8. The molecule has 110 valence electrons. The number of carbonyl (C=O) groups excluding carboxylic acids is 1. The van der Waals surface area contributed by atoms with E-state index in [1.807, 2.05) is 0 Å². The first-order valence-corrected chi connectivity index (χ1v) is 6.44. The fourth-order valence-corrected chi connectivity index (χ4v) is 1.95. The normalized spacial score (nSPS) is 10.2. The lowest BCUT2D eigenvalue weighted by atomic mass is 10.1. The molecule has 0 aliphatic rings. The molecule has 0 saturated heterocycles. The molecule has 6 heteroatoms. The number of methoxy groups -OCH3 is 1. The molecule has 2 aromatic rings. The van der Waals surface area contributed by atoms with Gasteiger partial charge in [-0.2, -0.15) is 0 Å². The van der Waals surface area contributed by atoms with Crippen molar-refractivity contribution in [2.75, 3.05) is 12.8 Å². The average Bonchev–Trinajstić information content (AvgIpc) is 2.48. The molecule has 0 aliphatic heterocycles. The SMILES string of the molecule is COC(=O)c1ccc(N)cc1OCc1cccc(Cl)c1F. The van der Waals surface area contributed by atoms with Gasteiger partial charge in [0.25, 0.3) is 0 Å².